The lowest BCUT2D eigenvalue weighted by Crippen LogP contribution is -1.93. The first-order valence-corrected chi connectivity index (χ1v) is 5.79. The standard InChI is InChI=1S/C14H11ClN2O/c1-9-4-3-5-12(10(9)2)18-14-7-11(8-16)6-13(15)17-14/h3-7H,1-2H3. The van der Waals surface area contributed by atoms with Crippen molar-refractivity contribution in [3.63, 3.8) is 0 Å². The second kappa shape index (κ2) is 5.07. The summed E-state index contributed by atoms with van der Waals surface area (Å²) in [5.74, 6) is 1.04. The Morgan fingerprint density at radius 2 is 2.06 bits per heavy atom. The van der Waals surface area contributed by atoms with Crippen LogP contribution in [0.3, 0.4) is 0 Å². The van der Waals surface area contributed by atoms with Gasteiger partial charge in [-0.3, -0.25) is 0 Å². The number of nitriles is 1. The van der Waals surface area contributed by atoms with Gasteiger partial charge in [0.2, 0.25) is 5.88 Å². The fraction of sp³-hybridized carbons (Fsp3) is 0.143. The number of nitrogens with zero attached hydrogens (tertiary/aromatic N) is 2. The van der Waals surface area contributed by atoms with Gasteiger partial charge in [-0.1, -0.05) is 23.7 Å². The number of ether oxygens (including phenoxy) is 1. The van der Waals surface area contributed by atoms with Crippen LogP contribution in [-0.4, -0.2) is 4.98 Å². The monoisotopic (exact) mass is 258 g/mol. The van der Waals surface area contributed by atoms with Gasteiger partial charge in [0.25, 0.3) is 0 Å². The molecule has 0 bridgehead atoms. The second-order valence-electron chi connectivity index (χ2n) is 3.93. The molecule has 0 spiro atoms. The number of hydrogen-bond donors (Lipinski definition) is 0. The molecular formula is C14H11ClN2O. The molecule has 18 heavy (non-hydrogen) atoms. The summed E-state index contributed by atoms with van der Waals surface area (Å²) in [5.41, 5.74) is 2.60. The summed E-state index contributed by atoms with van der Waals surface area (Å²) in [4.78, 5) is 4.04. The summed E-state index contributed by atoms with van der Waals surface area (Å²) in [6.45, 7) is 3.98. The molecule has 0 aliphatic rings. The maximum atomic E-state index is 8.86. The number of aryl methyl sites for hydroxylation is 1. The van der Waals surface area contributed by atoms with Crippen LogP contribution in [-0.2, 0) is 0 Å². The minimum absolute atomic E-state index is 0.245. The maximum absolute atomic E-state index is 8.86. The zero-order valence-corrected chi connectivity index (χ0v) is 10.8. The minimum atomic E-state index is 0.245. The smallest absolute Gasteiger partial charge is 0.221 e. The Morgan fingerprint density at radius 3 is 2.78 bits per heavy atom. The largest absolute Gasteiger partial charge is 0.439 e. The highest BCUT2D eigenvalue weighted by Crippen LogP contribution is 2.27. The zero-order valence-electron chi connectivity index (χ0n) is 10.1. The fourth-order valence-electron chi connectivity index (χ4n) is 1.54. The molecular weight excluding hydrogens is 248 g/mol. The molecule has 0 saturated heterocycles. The second-order valence-corrected chi connectivity index (χ2v) is 4.32. The van der Waals surface area contributed by atoms with Crippen molar-refractivity contribution in [3.05, 3.63) is 52.2 Å². The van der Waals surface area contributed by atoms with E-state index >= 15 is 0 Å². The zero-order chi connectivity index (χ0) is 13.1. The first-order chi connectivity index (χ1) is 8.60. The Kier molecular flexibility index (Phi) is 3.50. The Labute approximate surface area is 111 Å². The molecule has 0 saturated carbocycles. The summed E-state index contributed by atoms with van der Waals surface area (Å²) >= 11 is 5.82. The number of pyridine rings is 1. The van der Waals surface area contributed by atoms with Crippen LogP contribution in [0.4, 0.5) is 0 Å². The molecule has 3 nitrogen and oxygen atoms in total. The van der Waals surface area contributed by atoms with E-state index in [1.165, 1.54) is 6.07 Å². The van der Waals surface area contributed by atoms with E-state index in [1.54, 1.807) is 6.07 Å². The maximum Gasteiger partial charge on any atom is 0.221 e. The van der Waals surface area contributed by atoms with Gasteiger partial charge in [0.1, 0.15) is 10.9 Å². The molecule has 4 heteroatoms. The lowest BCUT2D eigenvalue weighted by atomic mass is 10.1. The van der Waals surface area contributed by atoms with Crippen LogP contribution in [0, 0.1) is 25.2 Å². The quantitative estimate of drug-likeness (QED) is 0.765. The molecule has 0 fully saturated rings. The molecule has 1 aromatic heterocycles. The molecule has 0 aliphatic heterocycles. The van der Waals surface area contributed by atoms with Crippen LogP contribution >= 0.6 is 11.6 Å². The van der Waals surface area contributed by atoms with Gasteiger partial charge in [0.15, 0.2) is 0 Å². The van der Waals surface area contributed by atoms with Gasteiger partial charge in [-0.15, -0.1) is 0 Å². The van der Waals surface area contributed by atoms with Gasteiger partial charge in [0, 0.05) is 6.07 Å². The molecule has 90 valence electrons. The lowest BCUT2D eigenvalue weighted by molar-refractivity contribution is 0.459. The molecule has 0 unspecified atom stereocenters. The third-order valence-electron chi connectivity index (χ3n) is 2.67. The third kappa shape index (κ3) is 2.61. The molecule has 0 aliphatic carbocycles. The average Bonchev–Trinajstić information content (AvgIpc) is 2.34. The summed E-state index contributed by atoms with van der Waals surface area (Å²) in [6, 6.07) is 10.9. The molecule has 0 atom stereocenters. The van der Waals surface area contributed by atoms with Gasteiger partial charge in [-0.05, 0) is 37.1 Å². The van der Waals surface area contributed by atoms with Gasteiger partial charge < -0.3 is 4.74 Å². The predicted molar refractivity (Wildman–Crippen MR) is 70.0 cm³/mol. The van der Waals surface area contributed by atoms with Crippen molar-refractivity contribution in [2.45, 2.75) is 13.8 Å². The summed E-state index contributed by atoms with van der Waals surface area (Å²) in [6.07, 6.45) is 0. The van der Waals surface area contributed by atoms with E-state index in [9.17, 15) is 0 Å². The molecule has 0 amide bonds. The number of hydrogen-bond acceptors (Lipinski definition) is 3. The van der Waals surface area contributed by atoms with Crippen molar-refractivity contribution in [1.82, 2.24) is 4.98 Å². The molecule has 0 N–H and O–H groups in total. The Morgan fingerprint density at radius 1 is 1.28 bits per heavy atom. The van der Waals surface area contributed by atoms with Crippen molar-refractivity contribution in [2.24, 2.45) is 0 Å². The molecule has 2 rings (SSSR count). The first-order valence-electron chi connectivity index (χ1n) is 5.42. The lowest BCUT2D eigenvalue weighted by Gasteiger charge is -2.09. The summed E-state index contributed by atoms with van der Waals surface area (Å²) in [5, 5.41) is 9.10. The first kappa shape index (κ1) is 12.4. The SMILES string of the molecule is Cc1cccc(Oc2cc(C#N)cc(Cl)n2)c1C. The van der Waals surface area contributed by atoms with E-state index in [0.717, 1.165) is 11.1 Å². The molecule has 2 aromatic rings. The van der Waals surface area contributed by atoms with Crippen molar-refractivity contribution >= 4 is 11.6 Å². The fourth-order valence-corrected chi connectivity index (χ4v) is 1.74. The van der Waals surface area contributed by atoms with E-state index in [0.29, 0.717) is 17.2 Å². The number of rotatable bonds is 2. The highest BCUT2D eigenvalue weighted by atomic mass is 35.5. The van der Waals surface area contributed by atoms with Crippen LogP contribution in [0.15, 0.2) is 30.3 Å². The number of aromatic nitrogens is 1. The Hall–Kier alpha value is -2.05. The van der Waals surface area contributed by atoms with Crippen LogP contribution in [0.1, 0.15) is 16.7 Å². The van der Waals surface area contributed by atoms with E-state index < -0.39 is 0 Å². The Bertz CT molecular complexity index is 632. The highest BCUT2D eigenvalue weighted by Gasteiger charge is 2.06. The van der Waals surface area contributed by atoms with Crippen LogP contribution in [0.2, 0.25) is 5.15 Å². The third-order valence-corrected chi connectivity index (χ3v) is 2.86. The van der Waals surface area contributed by atoms with E-state index in [1.807, 2.05) is 38.1 Å². The predicted octanol–water partition coefficient (Wildman–Crippen LogP) is 4.02. The Balaban J connectivity index is 2.37. The van der Waals surface area contributed by atoms with E-state index in [4.69, 9.17) is 21.6 Å². The van der Waals surface area contributed by atoms with Crippen LogP contribution in [0.25, 0.3) is 0 Å². The van der Waals surface area contributed by atoms with Gasteiger partial charge in [0.05, 0.1) is 11.6 Å². The van der Waals surface area contributed by atoms with Gasteiger partial charge >= 0.3 is 0 Å². The van der Waals surface area contributed by atoms with Crippen molar-refractivity contribution in [3.8, 4) is 17.7 Å². The van der Waals surface area contributed by atoms with E-state index in [-0.39, 0.29) is 5.15 Å². The number of halogens is 1. The topological polar surface area (TPSA) is 45.9 Å². The minimum Gasteiger partial charge on any atom is -0.439 e. The normalized spacial score (nSPS) is 9.89. The molecule has 1 aromatic carbocycles. The average molecular weight is 259 g/mol. The highest BCUT2D eigenvalue weighted by molar-refractivity contribution is 6.29. The summed E-state index contributed by atoms with van der Waals surface area (Å²) in [7, 11) is 0. The van der Waals surface area contributed by atoms with Crippen LogP contribution in [0.5, 0.6) is 11.6 Å². The summed E-state index contributed by atoms with van der Waals surface area (Å²) < 4.78 is 5.67. The van der Waals surface area contributed by atoms with Gasteiger partial charge in [-0.25, -0.2) is 4.98 Å². The van der Waals surface area contributed by atoms with Crippen molar-refractivity contribution < 1.29 is 4.74 Å². The van der Waals surface area contributed by atoms with Gasteiger partial charge in [-0.2, -0.15) is 5.26 Å². The molecule has 1 heterocycles. The van der Waals surface area contributed by atoms with E-state index in [2.05, 4.69) is 4.98 Å². The van der Waals surface area contributed by atoms with Crippen molar-refractivity contribution in [2.75, 3.05) is 0 Å². The number of benzene rings is 1. The van der Waals surface area contributed by atoms with Crippen LogP contribution < -0.4 is 4.74 Å². The molecule has 0 radical (unpaired) electrons. The van der Waals surface area contributed by atoms with Crippen molar-refractivity contribution in [1.29, 1.82) is 5.26 Å².